The zero-order valence-corrected chi connectivity index (χ0v) is 11.1. The number of likely N-dealkylation sites (N-methyl/N-ethyl adjacent to an activating group) is 1. The number of ether oxygens (including phenoxy) is 1. The van der Waals surface area contributed by atoms with Crippen molar-refractivity contribution >= 4 is 17.3 Å². The maximum absolute atomic E-state index is 11.2. The summed E-state index contributed by atoms with van der Waals surface area (Å²) in [7, 11) is 0. The van der Waals surface area contributed by atoms with Gasteiger partial charge in [0.1, 0.15) is 5.92 Å². The Bertz CT molecular complexity index is 502. The van der Waals surface area contributed by atoms with Gasteiger partial charge in [0.25, 0.3) is 5.69 Å². The van der Waals surface area contributed by atoms with Crippen molar-refractivity contribution in [1.29, 1.82) is 0 Å². The number of hydrogen-bond acceptors (Lipinski definition) is 5. The molecule has 7 heteroatoms. The van der Waals surface area contributed by atoms with Gasteiger partial charge in [-0.25, -0.2) is 0 Å². The molecule has 0 bridgehead atoms. The van der Waals surface area contributed by atoms with E-state index >= 15 is 0 Å². The Hall–Kier alpha value is -2.15. The van der Waals surface area contributed by atoms with E-state index in [0.717, 1.165) is 5.69 Å². The number of non-ortho nitro benzene ring substituents is 1. The van der Waals surface area contributed by atoms with Gasteiger partial charge in [0.05, 0.1) is 24.2 Å². The minimum Gasteiger partial charge on any atom is -0.481 e. The number of carbonyl (C=O) groups is 1. The maximum Gasteiger partial charge on any atom is 0.311 e. The second-order valence-corrected chi connectivity index (χ2v) is 4.61. The molecular formula is C13H16N2O5. The third kappa shape index (κ3) is 2.72. The molecule has 1 N–H and O–H groups in total. The summed E-state index contributed by atoms with van der Waals surface area (Å²) in [5.74, 6) is -1.46. The fraction of sp³-hybridized carbons (Fsp3) is 0.462. The summed E-state index contributed by atoms with van der Waals surface area (Å²) in [5.41, 5.74) is 0.780. The summed E-state index contributed by atoms with van der Waals surface area (Å²) in [4.78, 5) is 23.3. The molecule has 1 fully saturated rings. The second-order valence-electron chi connectivity index (χ2n) is 4.61. The predicted octanol–water partition coefficient (Wildman–Crippen LogP) is 1.52. The van der Waals surface area contributed by atoms with E-state index in [4.69, 9.17) is 4.74 Å². The smallest absolute Gasteiger partial charge is 0.311 e. The Morgan fingerprint density at radius 1 is 1.45 bits per heavy atom. The molecule has 0 spiro atoms. The predicted molar refractivity (Wildman–Crippen MR) is 71.8 cm³/mol. The minimum atomic E-state index is -0.882. The number of carboxylic acid groups (broad SMARTS) is 1. The fourth-order valence-electron chi connectivity index (χ4n) is 2.46. The van der Waals surface area contributed by atoms with Gasteiger partial charge in [0.2, 0.25) is 0 Å². The lowest BCUT2D eigenvalue weighted by Gasteiger charge is -2.31. The largest absolute Gasteiger partial charge is 0.481 e. The molecule has 7 nitrogen and oxygen atoms in total. The van der Waals surface area contributed by atoms with Crippen LogP contribution in [0.3, 0.4) is 0 Å². The van der Waals surface area contributed by atoms with Crippen LogP contribution >= 0.6 is 0 Å². The lowest BCUT2D eigenvalue weighted by molar-refractivity contribution is -0.384. The highest BCUT2D eigenvalue weighted by molar-refractivity contribution is 5.72. The molecular weight excluding hydrogens is 264 g/mol. The van der Waals surface area contributed by atoms with Crippen molar-refractivity contribution in [2.75, 3.05) is 24.7 Å². The van der Waals surface area contributed by atoms with Crippen LogP contribution in [-0.4, -0.2) is 41.8 Å². The number of aliphatic carboxylic acids is 1. The molecule has 1 aliphatic heterocycles. The number of rotatable bonds is 5. The topological polar surface area (TPSA) is 92.9 Å². The van der Waals surface area contributed by atoms with E-state index < -0.39 is 16.8 Å². The van der Waals surface area contributed by atoms with Crippen molar-refractivity contribution < 1.29 is 19.6 Å². The van der Waals surface area contributed by atoms with E-state index in [0.29, 0.717) is 13.2 Å². The van der Waals surface area contributed by atoms with E-state index in [9.17, 15) is 20.0 Å². The molecule has 0 aromatic heterocycles. The van der Waals surface area contributed by atoms with Gasteiger partial charge in [-0.15, -0.1) is 0 Å². The molecule has 0 aliphatic carbocycles. The Balaban J connectivity index is 2.23. The van der Waals surface area contributed by atoms with Crippen molar-refractivity contribution in [1.82, 2.24) is 0 Å². The van der Waals surface area contributed by atoms with Crippen molar-refractivity contribution in [3.05, 3.63) is 34.4 Å². The summed E-state index contributed by atoms with van der Waals surface area (Å²) in [5, 5.41) is 19.8. The van der Waals surface area contributed by atoms with Gasteiger partial charge in [0.15, 0.2) is 0 Å². The highest BCUT2D eigenvalue weighted by Crippen LogP contribution is 2.27. The van der Waals surface area contributed by atoms with Gasteiger partial charge >= 0.3 is 5.97 Å². The van der Waals surface area contributed by atoms with E-state index in [1.165, 1.54) is 12.1 Å². The molecule has 0 radical (unpaired) electrons. The zero-order chi connectivity index (χ0) is 14.7. The molecule has 1 saturated heterocycles. The molecule has 0 saturated carbocycles. The Labute approximate surface area is 115 Å². The average molecular weight is 280 g/mol. The van der Waals surface area contributed by atoms with E-state index in [-0.39, 0.29) is 18.3 Å². The molecule has 1 aromatic carbocycles. The van der Waals surface area contributed by atoms with Crippen LogP contribution in [0.5, 0.6) is 0 Å². The normalized spacial score (nSPS) is 21.6. The number of nitro benzene ring substituents is 1. The van der Waals surface area contributed by atoms with E-state index in [1.807, 2.05) is 11.8 Å². The summed E-state index contributed by atoms with van der Waals surface area (Å²) in [6.45, 7) is 3.07. The van der Waals surface area contributed by atoms with Crippen molar-refractivity contribution in [3.63, 3.8) is 0 Å². The highest BCUT2D eigenvalue weighted by atomic mass is 16.6. The lowest BCUT2D eigenvalue weighted by Crippen LogP contribution is -2.43. The van der Waals surface area contributed by atoms with Gasteiger partial charge in [-0.1, -0.05) is 0 Å². The van der Waals surface area contributed by atoms with Gasteiger partial charge in [-0.3, -0.25) is 14.9 Å². The first-order chi connectivity index (χ1) is 9.54. The van der Waals surface area contributed by atoms with Crippen LogP contribution in [0.4, 0.5) is 11.4 Å². The Kier molecular flexibility index (Phi) is 4.19. The lowest BCUT2D eigenvalue weighted by atomic mass is 10.0. The van der Waals surface area contributed by atoms with Gasteiger partial charge in [0, 0.05) is 24.4 Å². The number of nitrogens with zero attached hydrogens (tertiary/aromatic N) is 2. The van der Waals surface area contributed by atoms with Crippen LogP contribution in [0.15, 0.2) is 24.3 Å². The summed E-state index contributed by atoms with van der Waals surface area (Å²) >= 11 is 0. The summed E-state index contributed by atoms with van der Waals surface area (Å²) < 4.78 is 5.27. The SMILES string of the molecule is CCN(c1ccc([N+](=O)[O-])cc1)C1COCC1C(=O)O. The second kappa shape index (κ2) is 5.87. The Morgan fingerprint density at radius 3 is 2.60 bits per heavy atom. The molecule has 1 aliphatic rings. The minimum absolute atomic E-state index is 0.0160. The molecule has 108 valence electrons. The standard InChI is InChI=1S/C13H16N2O5/c1-2-14(12-8-20-7-11(12)13(16)17)9-3-5-10(6-4-9)15(18)19/h3-6,11-12H,2,7-8H2,1H3,(H,16,17). The van der Waals surface area contributed by atoms with Gasteiger partial charge in [-0.05, 0) is 19.1 Å². The number of benzene rings is 1. The van der Waals surface area contributed by atoms with Crippen LogP contribution in [0.2, 0.25) is 0 Å². The van der Waals surface area contributed by atoms with Gasteiger partial charge in [-0.2, -0.15) is 0 Å². The van der Waals surface area contributed by atoms with Gasteiger partial charge < -0.3 is 14.7 Å². The third-order valence-electron chi connectivity index (χ3n) is 3.50. The van der Waals surface area contributed by atoms with Crippen molar-refractivity contribution in [2.45, 2.75) is 13.0 Å². The van der Waals surface area contributed by atoms with Crippen LogP contribution < -0.4 is 4.90 Å². The zero-order valence-electron chi connectivity index (χ0n) is 11.1. The molecule has 20 heavy (non-hydrogen) atoms. The molecule has 2 atom stereocenters. The first kappa shape index (κ1) is 14.3. The Morgan fingerprint density at radius 2 is 2.10 bits per heavy atom. The van der Waals surface area contributed by atoms with Crippen LogP contribution in [0, 0.1) is 16.0 Å². The highest BCUT2D eigenvalue weighted by Gasteiger charge is 2.37. The third-order valence-corrected chi connectivity index (χ3v) is 3.50. The molecule has 0 amide bonds. The van der Waals surface area contributed by atoms with E-state index in [1.54, 1.807) is 12.1 Å². The molecule has 1 aromatic rings. The monoisotopic (exact) mass is 280 g/mol. The van der Waals surface area contributed by atoms with Crippen LogP contribution in [0.1, 0.15) is 6.92 Å². The first-order valence-corrected chi connectivity index (χ1v) is 6.36. The summed E-state index contributed by atoms with van der Waals surface area (Å²) in [6, 6.07) is 5.86. The molecule has 1 heterocycles. The quantitative estimate of drug-likeness (QED) is 0.649. The van der Waals surface area contributed by atoms with Crippen molar-refractivity contribution in [2.24, 2.45) is 5.92 Å². The average Bonchev–Trinajstić information content (AvgIpc) is 2.89. The number of carboxylic acids is 1. The number of nitro groups is 1. The van der Waals surface area contributed by atoms with Crippen molar-refractivity contribution in [3.8, 4) is 0 Å². The fourth-order valence-corrected chi connectivity index (χ4v) is 2.46. The van der Waals surface area contributed by atoms with E-state index in [2.05, 4.69) is 0 Å². The summed E-state index contributed by atoms with van der Waals surface area (Å²) in [6.07, 6.45) is 0. The molecule has 2 rings (SSSR count). The number of anilines is 1. The van der Waals surface area contributed by atoms with Crippen LogP contribution in [-0.2, 0) is 9.53 Å². The first-order valence-electron chi connectivity index (χ1n) is 6.36. The maximum atomic E-state index is 11.2. The number of hydrogen-bond donors (Lipinski definition) is 1. The van der Waals surface area contributed by atoms with Crippen LogP contribution in [0.25, 0.3) is 0 Å². The molecule has 2 unspecified atom stereocenters.